The zero-order valence-corrected chi connectivity index (χ0v) is 13.2. The molecule has 0 spiro atoms. The number of rotatable bonds is 4. The first-order chi connectivity index (χ1) is 10.2. The highest BCUT2D eigenvalue weighted by molar-refractivity contribution is 8.23. The number of nitrogens with zero attached hydrogens (tertiary/aromatic N) is 2. The molecule has 0 saturated carbocycles. The number of hydrogen-bond donors (Lipinski definition) is 0. The van der Waals surface area contributed by atoms with Crippen LogP contribution in [0.4, 0.5) is 0 Å². The van der Waals surface area contributed by atoms with E-state index in [1.807, 2.05) is 42.5 Å². The average Bonchev–Trinajstić information content (AvgIpc) is 3.06. The van der Waals surface area contributed by atoms with Gasteiger partial charge in [-0.3, -0.25) is 4.79 Å². The number of thioether (sulfide) groups is 1. The Bertz CT molecular complexity index is 681. The summed E-state index contributed by atoms with van der Waals surface area (Å²) in [5, 5.41) is 6.07. The van der Waals surface area contributed by atoms with Crippen LogP contribution < -0.4 is 0 Å². The molecular formula is C14H10N2O2S3. The minimum Gasteiger partial charge on any atom is -0.448 e. The Kier molecular flexibility index (Phi) is 4.42. The molecule has 1 aliphatic rings. The molecule has 0 radical (unpaired) electrons. The van der Waals surface area contributed by atoms with Gasteiger partial charge in [0, 0.05) is 4.90 Å². The molecule has 4 nitrogen and oxygen atoms in total. The molecule has 1 aliphatic heterocycles. The summed E-state index contributed by atoms with van der Waals surface area (Å²) in [4.78, 5) is 12.6. The summed E-state index contributed by atoms with van der Waals surface area (Å²) in [6.07, 6.45) is 1.51. The molecule has 7 heteroatoms. The van der Waals surface area contributed by atoms with Crippen molar-refractivity contribution in [1.29, 1.82) is 0 Å². The first kappa shape index (κ1) is 14.4. The van der Waals surface area contributed by atoms with E-state index in [1.54, 1.807) is 0 Å². The molecule has 1 aromatic heterocycles. The van der Waals surface area contributed by atoms with Gasteiger partial charge in [0.1, 0.15) is 5.76 Å². The zero-order chi connectivity index (χ0) is 14.7. The summed E-state index contributed by atoms with van der Waals surface area (Å²) < 4.78 is 6.12. The second kappa shape index (κ2) is 6.46. The lowest BCUT2D eigenvalue weighted by molar-refractivity contribution is -0.123. The van der Waals surface area contributed by atoms with Crippen molar-refractivity contribution in [3.05, 3.63) is 48.2 Å². The van der Waals surface area contributed by atoms with Crippen molar-refractivity contribution in [2.45, 2.75) is 9.99 Å². The maximum atomic E-state index is 11.5. The predicted molar refractivity (Wildman–Crippen MR) is 88.8 cm³/mol. The second-order valence-electron chi connectivity index (χ2n) is 4.08. The summed E-state index contributed by atoms with van der Waals surface area (Å²) in [5.41, 5.74) is 0. The average molecular weight is 334 g/mol. The number of carbonyl (C=O) groups excluding carboxylic acids is 1. The molecule has 0 aliphatic carbocycles. The maximum absolute atomic E-state index is 11.5. The van der Waals surface area contributed by atoms with E-state index in [0.29, 0.717) is 15.8 Å². The van der Waals surface area contributed by atoms with E-state index in [4.69, 9.17) is 16.6 Å². The number of furan rings is 1. The molecule has 0 bridgehead atoms. The van der Waals surface area contributed by atoms with E-state index in [9.17, 15) is 4.79 Å². The lowest BCUT2D eigenvalue weighted by Crippen LogP contribution is -2.22. The minimum absolute atomic E-state index is 0.105. The standard InChI is InChI=1S/C14H10N2O2S3/c17-12-9-20-14(19)16(12)15-8-10-6-7-13(18-10)21-11-4-2-1-3-5-11/h1-8H,9H2/b15-8-. The molecule has 106 valence electrons. The van der Waals surface area contributed by atoms with Crippen LogP contribution in [-0.2, 0) is 4.79 Å². The fourth-order valence-electron chi connectivity index (χ4n) is 1.64. The summed E-state index contributed by atoms with van der Waals surface area (Å²) in [5.74, 6) is 0.830. The van der Waals surface area contributed by atoms with Crippen molar-refractivity contribution in [3.63, 3.8) is 0 Å². The largest absolute Gasteiger partial charge is 0.448 e. The third-order valence-electron chi connectivity index (χ3n) is 2.59. The van der Waals surface area contributed by atoms with E-state index in [-0.39, 0.29) is 5.91 Å². The fraction of sp³-hybridized carbons (Fsp3) is 0.0714. The fourth-order valence-corrected chi connectivity index (χ4v) is 3.40. The van der Waals surface area contributed by atoms with Crippen LogP contribution in [0.3, 0.4) is 0 Å². The van der Waals surface area contributed by atoms with Gasteiger partial charge in [-0.1, -0.05) is 53.9 Å². The number of carbonyl (C=O) groups is 1. The first-order valence-electron chi connectivity index (χ1n) is 6.09. The smallest absolute Gasteiger partial charge is 0.259 e. The number of hydrogen-bond acceptors (Lipinski definition) is 6. The maximum Gasteiger partial charge on any atom is 0.259 e. The normalized spacial score (nSPS) is 15.3. The van der Waals surface area contributed by atoms with Crippen molar-refractivity contribution >= 4 is 52.2 Å². The van der Waals surface area contributed by atoms with Crippen molar-refractivity contribution in [2.75, 3.05) is 5.75 Å². The summed E-state index contributed by atoms with van der Waals surface area (Å²) in [6.45, 7) is 0. The van der Waals surface area contributed by atoms with Gasteiger partial charge in [-0.25, -0.2) is 0 Å². The Morgan fingerprint density at radius 2 is 2.10 bits per heavy atom. The topological polar surface area (TPSA) is 45.8 Å². The van der Waals surface area contributed by atoms with Crippen LogP contribution in [0.5, 0.6) is 0 Å². The molecule has 3 rings (SSSR count). The Labute approximate surface area is 135 Å². The lowest BCUT2D eigenvalue weighted by atomic mass is 10.4. The molecular weight excluding hydrogens is 324 g/mol. The third-order valence-corrected chi connectivity index (χ3v) is 4.86. The Hall–Kier alpha value is -1.57. The third kappa shape index (κ3) is 3.55. The van der Waals surface area contributed by atoms with Gasteiger partial charge in [-0.05, 0) is 24.3 Å². The van der Waals surface area contributed by atoms with Gasteiger partial charge in [0.15, 0.2) is 9.41 Å². The van der Waals surface area contributed by atoms with E-state index in [2.05, 4.69) is 5.10 Å². The minimum atomic E-state index is -0.105. The second-order valence-corrected chi connectivity index (χ2v) is 6.76. The van der Waals surface area contributed by atoms with Crippen LogP contribution in [0.15, 0.2) is 62.0 Å². The van der Waals surface area contributed by atoms with Crippen molar-refractivity contribution < 1.29 is 9.21 Å². The van der Waals surface area contributed by atoms with Crippen LogP contribution in [0, 0.1) is 0 Å². The van der Waals surface area contributed by atoms with Gasteiger partial charge < -0.3 is 4.42 Å². The van der Waals surface area contributed by atoms with Crippen LogP contribution in [-0.4, -0.2) is 27.2 Å². The molecule has 1 fully saturated rings. The van der Waals surface area contributed by atoms with Gasteiger partial charge in [0.05, 0.1) is 12.0 Å². The number of amides is 1. The molecule has 0 N–H and O–H groups in total. The van der Waals surface area contributed by atoms with Crippen LogP contribution in [0.25, 0.3) is 0 Å². The monoisotopic (exact) mass is 334 g/mol. The van der Waals surface area contributed by atoms with Crippen LogP contribution in [0.2, 0.25) is 0 Å². The molecule has 1 aromatic carbocycles. The Morgan fingerprint density at radius 3 is 2.81 bits per heavy atom. The van der Waals surface area contributed by atoms with E-state index in [1.165, 1.54) is 34.7 Å². The lowest BCUT2D eigenvalue weighted by Gasteiger charge is -2.05. The summed E-state index contributed by atoms with van der Waals surface area (Å²) in [6, 6.07) is 13.6. The molecule has 2 aromatic rings. The summed E-state index contributed by atoms with van der Waals surface area (Å²) >= 11 is 7.89. The highest BCUT2D eigenvalue weighted by Crippen LogP contribution is 2.28. The molecule has 2 heterocycles. The van der Waals surface area contributed by atoms with Crippen molar-refractivity contribution in [3.8, 4) is 0 Å². The predicted octanol–water partition coefficient (Wildman–Crippen LogP) is 3.63. The van der Waals surface area contributed by atoms with Gasteiger partial charge in [-0.15, -0.1) is 0 Å². The van der Waals surface area contributed by atoms with Crippen molar-refractivity contribution in [1.82, 2.24) is 5.01 Å². The van der Waals surface area contributed by atoms with E-state index >= 15 is 0 Å². The SMILES string of the molecule is O=C1CSC(=S)N1/N=C\c1ccc(Sc2ccccc2)o1. The van der Waals surface area contributed by atoms with Gasteiger partial charge in [0.25, 0.3) is 5.91 Å². The zero-order valence-electron chi connectivity index (χ0n) is 10.8. The number of hydrazone groups is 1. The molecule has 0 unspecified atom stereocenters. The number of thiocarbonyl (C=S) groups is 1. The first-order valence-corrected chi connectivity index (χ1v) is 8.30. The molecule has 1 amide bonds. The molecule has 0 atom stereocenters. The van der Waals surface area contributed by atoms with Gasteiger partial charge in [0.2, 0.25) is 0 Å². The van der Waals surface area contributed by atoms with Gasteiger partial charge >= 0.3 is 0 Å². The summed E-state index contributed by atoms with van der Waals surface area (Å²) in [7, 11) is 0. The van der Waals surface area contributed by atoms with Gasteiger partial charge in [-0.2, -0.15) is 10.1 Å². The van der Waals surface area contributed by atoms with E-state index < -0.39 is 0 Å². The Morgan fingerprint density at radius 1 is 1.29 bits per heavy atom. The Balaban J connectivity index is 1.68. The highest BCUT2D eigenvalue weighted by Gasteiger charge is 2.26. The molecule has 1 saturated heterocycles. The number of benzene rings is 1. The highest BCUT2D eigenvalue weighted by atomic mass is 32.2. The van der Waals surface area contributed by atoms with Crippen LogP contribution >= 0.6 is 35.7 Å². The van der Waals surface area contributed by atoms with Crippen molar-refractivity contribution in [2.24, 2.45) is 5.10 Å². The van der Waals surface area contributed by atoms with Crippen LogP contribution in [0.1, 0.15) is 5.76 Å². The van der Waals surface area contributed by atoms with E-state index in [0.717, 1.165) is 9.99 Å². The molecule has 21 heavy (non-hydrogen) atoms. The quantitative estimate of drug-likeness (QED) is 0.631.